The number of nitrogens with zero attached hydrogens (tertiary/aromatic N) is 7. The minimum Gasteiger partial charge on any atom is -0.354 e. The van der Waals surface area contributed by atoms with Gasteiger partial charge in [0.1, 0.15) is 12.2 Å². The number of amides is 1. The largest absolute Gasteiger partial charge is 0.417 e. The molecule has 0 bridgehead atoms. The molecule has 8 nitrogen and oxygen atoms in total. The van der Waals surface area contributed by atoms with E-state index in [4.69, 9.17) is 0 Å². The number of rotatable bonds is 5. The summed E-state index contributed by atoms with van der Waals surface area (Å²) in [5.74, 6) is 0.0427. The monoisotopic (exact) mass is 489 g/mol. The van der Waals surface area contributed by atoms with Gasteiger partial charge in [-0.2, -0.15) is 23.0 Å². The van der Waals surface area contributed by atoms with Crippen LogP contribution in [0.4, 0.5) is 23.4 Å². The van der Waals surface area contributed by atoms with Crippen molar-refractivity contribution in [2.45, 2.75) is 50.9 Å². The number of alkyl halides is 3. The highest BCUT2D eigenvalue weighted by Gasteiger charge is 2.39. The van der Waals surface area contributed by atoms with Crippen LogP contribution in [-0.2, 0) is 6.18 Å². The van der Waals surface area contributed by atoms with Crippen LogP contribution < -0.4 is 4.90 Å². The Labute approximate surface area is 198 Å². The van der Waals surface area contributed by atoms with Crippen molar-refractivity contribution in [2.24, 2.45) is 0 Å². The maximum Gasteiger partial charge on any atom is 0.417 e. The lowest BCUT2D eigenvalue weighted by Crippen LogP contribution is -2.48. The highest BCUT2D eigenvalue weighted by Crippen LogP contribution is 2.35. The number of carbonyl (C=O) groups is 1. The topological polar surface area (TPSA) is 80.0 Å². The SMILES string of the molecule is Cc1ncnn1-c1ccc(C(=O)N(C2CC2)C2CCN(c3ncc(C(F)(F)F)cc3F)CC2)cn1. The molecule has 35 heavy (non-hydrogen) atoms. The quantitative estimate of drug-likeness (QED) is 0.508. The zero-order valence-corrected chi connectivity index (χ0v) is 18.9. The molecule has 4 heterocycles. The molecule has 0 aromatic carbocycles. The van der Waals surface area contributed by atoms with Gasteiger partial charge in [0.05, 0.1) is 11.1 Å². The second kappa shape index (κ2) is 8.90. The number of piperidine rings is 1. The molecular formula is C23H23F4N7O. The van der Waals surface area contributed by atoms with Gasteiger partial charge in [-0.3, -0.25) is 4.79 Å². The standard InChI is InChI=1S/C23H23F4N7O/c1-14-30-13-31-34(14)20-5-2-15(11-28-20)22(35)33(17-3-4-17)18-6-8-32(9-7-18)21-19(24)10-16(12-29-21)23(25,26)27/h2,5,10-13,17-18H,3-4,6-9H2,1H3. The van der Waals surface area contributed by atoms with Crippen LogP contribution in [0.5, 0.6) is 0 Å². The van der Waals surface area contributed by atoms with Crippen LogP contribution >= 0.6 is 0 Å². The van der Waals surface area contributed by atoms with E-state index in [2.05, 4.69) is 20.1 Å². The van der Waals surface area contributed by atoms with E-state index in [0.717, 1.165) is 12.8 Å². The molecule has 5 rings (SSSR count). The zero-order valence-electron chi connectivity index (χ0n) is 18.9. The van der Waals surface area contributed by atoms with Crippen molar-refractivity contribution in [2.75, 3.05) is 18.0 Å². The van der Waals surface area contributed by atoms with Crippen molar-refractivity contribution >= 4 is 11.7 Å². The van der Waals surface area contributed by atoms with Crippen LogP contribution in [0, 0.1) is 12.7 Å². The lowest BCUT2D eigenvalue weighted by molar-refractivity contribution is -0.138. The van der Waals surface area contributed by atoms with Crippen molar-refractivity contribution in [3.05, 3.63) is 59.7 Å². The first kappa shape index (κ1) is 23.2. The fourth-order valence-corrected chi connectivity index (χ4v) is 4.47. The number of hydrogen-bond acceptors (Lipinski definition) is 6. The fourth-order valence-electron chi connectivity index (χ4n) is 4.47. The minimum atomic E-state index is -4.65. The maximum atomic E-state index is 14.4. The van der Waals surface area contributed by atoms with E-state index in [0.29, 0.717) is 55.4 Å². The summed E-state index contributed by atoms with van der Waals surface area (Å²) in [6.45, 7) is 2.58. The third-order valence-electron chi connectivity index (χ3n) is 6.41. The molecule has 1 saturated heterocycles. The van der Waals surface area contributed by atoms with E-state index in [1.54, 1.807) is 28.6 Å². The zero-order chi connectivity index (χ0) is 24.7. The predicted molar refractivity (Wildman–Crippen MR) is 118 cm³/mol. The van der Waals surface area contributed by atoms with E-state index < -0.39 is 17.6 Å². The van der Waals surface area contributed by atoms with Gasteiger partial charge < -0.3 is 9.80 Å². The summed E-state index contributed by atoms with van der Waals surface area (Å²) in [5.41, 5.74) is -0.644. The first-order valence-corrected chi connectivity index (χ1v) is 11.4. The minimum absolute atomic E-state index is 0.0546. The Bertz CT molecular complexity index is 1220. The molecule has 0 radical (unpaired) electrons. The molecule has 2 fully saturated rings. The summed E-state index contributed by atoms with van der Waals surface area (Å²) >= 11 is 0. The number of anilines is 1. The van der Waals surface area contributed by atoms with Crippen molar-refractivity contribution < 1.29 is 22.4 Å². The Morgan fingerprint density at radius 1 is 1.03 bits per heavy atom. The molecular weight excluding hydrogens is 466 g/mol. The van der Waals surface area contributed by atoms with E-state index in [1.165, 1.54) is 12.5 Å². The summed E-state index contributed by atoms with van der Waals surface area (Å²) in [6, 6.07) is 4.02. The van der Waals surface area contributed by atoms with Crippen LogP contribution in [0.15, 0.2) is 36.9 Å². The second-order valence-electron chi connectivity index (χ2n) is 8.81. The molecule has 3 aromatic heterocycles. The molecule has 0 N–H and O–H groups in total. The summed E-state index contributed by atoms with van der Waals surface area (Å²) in [4.78, 5) is 29.1. The Morgan fingerprint density at radius 3 is 2.29 bits per heavy atom. The molecule has 12 heteroatoms. The summed E-state index contributed by atoms with van der Waals surface area (Å²) in [7, 11) is 0. The number of halogens is 4. The number of aryl methyl sites for hydroxylation is 1. The third-order valence-corrected chi connectivity index (χ3v) is 6.41. The predicted octanol–water partition coefficient (Wildman–Crippen LogP) is 3.80. The Balaban J connectivity index is 1.27. The molecule has 0 unspecified atom stereocenters. The number of carbonyl (C=O) groups excluding carboxylic acids is 1. The molecule has 1 aliphatic heterocycles. The van der Waals surface area contributed by atoms with Crippen molar-refractivity contribution in [1.29, 1.82) is 0 Å². The van der Waals surface area contributed by atoms with Gasteiger partial charge in [-0.05, 0) is 50.8 Å². The Kier molecular flexibility index (Phi) is 5.89. The molecule has 0 spiro atoms. The van der Waals surface area contributed by atoms with E-state index >= 15 is 0 Å². The Hall–Kier alpha value is -3.57. The highest BCUT2D eigenvalue weighted by atomic mass is 19.4. The van der Waals surface area contributed by atoms with E-state index in [-0.39, 0.29) is 23.8 Å². The average molecular weight is 489 g/mol. The van der Waals surface area contributed by atoms with Gasteiger partial charge in [0.2, 0.25) is 0 Å². The summed E-state index contributed by atoms with van der Waals surface area (Å²) in [5, 5.41) is 4.12. The van der Waals surface area contributed by atoms with Gasteiger partial charge in [-0.25, -0.2) is 19.3 Å². The van der Waals surface area contributed by atoms with Crippen molar-refractivity contribution in [3.8, 4) is 5.82 Å². The van der Waals surface area contributed by atoms with E-state index in [9.17, 15) is 22.4 Å². The first-order valence-electron chi connectivity index (χ1n) is 11.4. The molecule has 1 amide bonds. The first-order chi connectivity index (χ1) is 16.7. The summed E-state index contributed by atoms with van der Waals surface area (Å²) < 4.78 is 54.4. The van der Waals surface area contributed by atoms with Crippen LogP contribution in [0.1, 0.15) is 47.4 Å². The van der Waals surface area contributed by atoms with Gasteiger partial charge >= 0.3 is 6.18 Å². The van der Waals surface area contributed by atoms with Gasteiger partial charge in [0.15, 0.2) is 17.5 Å². The normalized spacial score (nSPS) is 17.0. The summed E-state index contributed by atoms with van der Waals surface area (Å²) in [6.07, 6.45) is 1.94. The fraction of sp³-hybridized carbons (Fsp3) is 0.435. The van der Waals surface area contributed by atoms with E-state index in [1.807, 2.05) is 4.90 Å². The lowest BCUT2D eigenvalue weighted by atomic mass is 10.0. The van der Waals surface area contributed by atoms with Gasteiger partial charge in [0.25, 0.3) is 5.91 Å². The third kappa shape index (κ3) is 4.69. The maximum absolute atomic E-state index is 14.4. The van der Waals surface area contributed by atoms with Crippen molar-refractivity contribution in [1.82, 2.24) is 29.6 Å². The van der Waals surface area contributed by atoms with Crippen LogP contribution in [0.3, 0.4) is 0 Å². The van der Waals surface area contributed by atoms with Crippen LogP contribution in [0.25, 0.3) is 5.82 Å². The molecule has 1 saturated carbocycles. The number of hydrogen-bond donors (Lipinski definition) is 0. The molecule has 0 atom stereocenters. The van der Waals surface area contributed by atoms with Gasteiger partial charge in [-0.15, -0.1) is 0 Å². The number of aromatic nitrogens is 5. The highest BCUT2D eigenvalue weighted by molar-refractivity contribution is 5.94. The van der Waals surface area contributed by atoms with Gasteiger partial charge in [0, 0.05) is 37.6 Å². The van der Waals surface area contributed by atoms with Crippen LogP contribution in [0.2, 0.25) is 0 Å². The molecule has 184 valence electrons. The molecule has 3 aromatic rings. The molecule has 1 aliphatic carbocycles. The van der Waals surface area contributed by atoms with Crippen LogP contribution in [-0.4, -0.2) is 60.7 Å². The smallest absolute Gasteiger partial charge is 0.354 e. The van der Waals surface area contributed by atoms with Gasteiger partial charge in [-0.1, -0.05) is 0 Å². The Morgan fingerprint density at radius 2 is 1.74 bits per heavy atom. The van der Waals surface area contributed by atoms with Crippen molar-refractivity contribution in [3.63, 3.8) is 0 Å². The average Bonchev–Trinajstić information content (AvgIpc) is 3.58. The molecule has 2 aliphatic rings. The second-order valence-corrected chi connectivity index (χ2v) is 8.81. The number of pyridine rings is 2. The lowest BCUT2D eigenvalue weighted by Gasteiger charge is -2.39.